The Morgan fingerprint density at radius 2 is 1.92 bits per heavy atom. The lowest BCUT2D eigenvalue weighted by atomic mass is 10.0. The molecule has 0 radical (unpaired) electrons. The number of pyridine rings is 1. The van der Waals surface area contributed by atoms with Gasteiger partial charge in [-0.15, -0.1) is 11.3 Å². The maximum Gasteiger partial charge on any atom is 0.417 e. The number of rotatable bonds is 7. The average Bonchev–Trinajstić information content (AvgIpc) is 3.61. The summed E-state index contributed by atoms with van der Waals surface area (Å²) >= 11 is 0.783. The van der Waals surface area contributed by atoms with Crippen molar-refractivity contribution in [2.24, 2.45) is 5.92 Å². The topological polar surface area (TPSA) is 96.5 Å². The first kappa shape index (κ1) is 28.3. The number of ether oxygens (including phenoxy) is 1. The number of amides is 2. The molecule has 2 aromatic heterocycles. The molecule has 3 fully saturated rings. The smallest absolute Gasteiger partial charge is 0.377 e. The van der Waals surface area contributed by atoms with Crippen molar-refractivity contribution in [3.05, 3.63) is 28.5 Å². The lowest BCUT2D eigenvalue weighted by Gasteiger charge is -2.33. The number of nitrogens with one attached hydrogen (secondary N) is 2. The van der Waals surface area contributed by atoms with Crippen molar-refractivity contribution in [2.75, 3.05) is 31.6 Å². The van der Waals surface area contributed by atoms with Crippen molar-refractivity contribution in [2.45, 2.75) is 71.1 Å². The predicted octanol–water partition coefficient (Wildman–Crippen LogP) is 5.22. The highest BCUT2D eigenvalue weighted by atomic mass is 32.1. The third kappa shape index (κ3) is 6.45. The lowest BCUT2D eigenvalue weighted by Crippen LogP contribution is -2.48. The molecule has 1 unspecified atom stereocenters. The van der Waals surface area contributed by atoms with Crippen molar-refractivity contribution in [3.8, 4) is 10.4 Å². The second kappa shape index (κ2) is 12.0. The number of nitrogens with zero attached hydrogens (tertiary/aromatic N) is 3. The van der Waals surface area contributed by atoms with E-state index in [1.54, 1.807) is 4.90 Å². The number of anilines is 1. The zero-order chi connectivity index (χ0) is 27.4. The fourth-order valence-electron chi connectivity index (χ4n) is 4.39. The Morgan fingerprint density at radius 3 is 2.53 bits per heavy atom. The second-order valence-corrected chi connectivity index (χ2v) is 10.7. The summed E-state index contributed by atoms with van der Waals surface area (Å²) in [7, 11) is 0. The highest BCUT2D eigenvalue weighted by Gasteiger charge is 2.38. The second-order valence-electron chi connectivity index (χ2n) is 9.69. The Balaban J connectivity index is 0.00000164. The van der Waals surface area contributed by atoms with E-state index >= 15 is 0 Å². The van der Waals surface area contributed by atoms with Crippen LogP contribution in [0, 0.1) is 5.92 Å². The van der Waals surface area contributed by atoms with Crippen LogP contribution in [0.4, 0.5) is 19.0 Å². The Kier molecular flexibility index (Phi) is 8.92. The molecule has 0 bridgehead atoms. The van der Waals surface area contributed by atoms with Gasteiger partial charge in [0.05, 0.1) is 29.7 Å². The summed E-state index contributed by atoms with van der Waals surface area (Å²) in [6.07, 6.45) is 1.13. The summed E-state index contributed by atoms with van der Waals surface area (Å²) in [6.45, 7) is 7.69. The molecule has 2 aromatic rings. The fourth-order valence-corrected chi connectivity index (χ4v) is 5.37. The van der Waals surface area contributed by atoms with Crippen LogP contribution in [-0.2, 0) is 10.9 Å². The number of aromatic nitrogens is 2. The molecule has 0 spiro atoms. The van der Waals surface area contributed by atoms with Gasteiger partial charge in [-0.1, -0.05) is 13.8 Å². The molecule has 5 rings (SSSR count). The number of piperidine rings is 1. The van der Waals surface area contributed by atoms with Gasteiger partial charge < -0.3 is 20.3 Å². The highest BCUT2D eigenvalue weighted by molar-refractivity contribution is 7.17. The van der Waals surface area contributed by atoms with Crippen LogP contribution in [0.15, 0.2) is 12.3 Å². The number of carbonyl (C=O) groups is 2. The minimum atomic E-state index is -4.69. The quantitative estimate of drug-likeness (QED) is 0.489. The maximum atomic E-state index is 14.2. The molecule has 2 aliphatic heterocycles. The number of halogens is 3. The molecule has 208 valence electrons. The Bertz CT molecular complexity index is 1150. The highest BCUT2D eigenvalue weighted by Crippen LogP contribution is 2.42. The number of hydrogen-bond acceptors (Lipinski definition) is 7. The fraction of sp³-hybridized carbons (Fsp3) is 0.615. The van der Waals surface area contributed by atoms with Gasteiger partial charge >= 0.3 is 6.18 Å². The zero-order valence-electron chi connectivity index (χ0n) is 21.9. The molecule has 2 N–H and O–H groups in total. The number of alkyl halides is 3. The monoisotopic (exact) mass is 553 g/mol. The molecule has 2 amide bonds. The van der Waals surface area contributed by atoms with E-state index in [2.05, 4.69) is 20.6 Å². The first-order valence-electron chi connectivity index (χ1n) is 13.2. The van der Waals surface area contributed by atoms with Crippen molar-refractivity contribution in [1.82, 2.24) is 20.2 Å². The Hall–Kier alpha value is -2.73. The molecule has 4 heterocycles. The normalized spacial score (nSPS) is 19.7. The molecule has 3 aliphatic rings. The number of carbonyl (C=O) groups excluding carboxylic acids is 2. The van der Waals surface area contributed by atoms with Crippen molar-refractivity contribution >= 4 is 29.0 Å². The van der Waals surface area contributed by atoms with Gasteiger partial charge in [0, 0.05) is 30.9 Å². The SMILES string of the molecule is CC.CC1CCCCN1C(=O)c1nc(C(=O)NC2COC2)sc1-c1cnc(NCC2CC2)cc1C(F)(F)F. The van der Waals surface area contributed by atoms with Crippen molar-refractivity contribution < 1.29 is 27.5 Å². The Morgan fingerprint density at radius 1 is 1.18 bits per heavy atom. The standard InChI is InChI=1S/C24H28F3N5O3S.C2H6/c1-13-4-2-3-7-32(13)23(34)19-20(36-22(31-19)21(33)30-15-11-35-12-15)16-10-29-18(28-9-14-5-6-14)8-17(16)24(25,26)27;1-2/h8,10,13-15H,2-7,9,11-12H2,1H3,(H,28,29)(H,30,33);1-2H3. The van der Waals surface area contributed by atoms with Gasteiger partial charge in [0.15, 0.2) is 5.01 Å². The molecular formula is C26H34F3N5O3S. The van der Waals surface area contributed by atoms with E-state index in [1.807, 2.05) is 20.8 Å². The van der Waals surface area contributed by atoms with Crippen LogP contribution in [0.5, 0.6) is 0 Å². The van der Waals surface area contributed by atoms with Crippen LogP contribution in [0.25, 0.3) is 10.4 Å². The largest absolute Gasteiger partial charge is 0.417 e. The first-order valence-corrected chi connectivity index (χ1v) is 14.0. The molecule has 0 aromatic carbocycles. The summed E-state index contributed by atoms with van der Waals surface area (Å²) in [5, 5.41) is 5.67. The molecule has 2 saturated heterocycles. The summed E-state index contributed by atoms with van der Waals surface area (Å²) in [6, 6.07) is 0.718. The van der Waals surface area contributed by atoms with E-state index < -0.39 is 23.6 Å². The van der Waals surface area contributed by atoms with Crippen LogP contribution in [0.3, 0.4) is 0 Å². The maximum absolute atomic E-state index is 14.2. The number of thiazole rings is 1. The molecular weight excluding hydrogens is 519 g/mol. The first-order chi connectivity index (χ1) is 18.2. The molecule has 1 atom stereocenters. The van der Waals surface area contributed by atoms with Crippen LogP contribution >= 0.6 is 11.3 Å². The summed E-state index contributed by atoms with van der Waals surface area (Å²) in [4.78, 5) is 36.5. The van der Waals surface area contributed by atoms with E-state index in [0.717, 1.165) is 55.7 Å². The van der Waals surface area contributed by atoms with E-state index in [0.29, 0.717) is 32.2 Å². The predicted molar refractivity (Wildman–Crippen MR) is 139 cm³/mol. The summed E-state index contributed by atoms with van der Waals surface area (Å²) in [5.41, 5.74) is -1.31. The van der Waals surface area contributed by atoms with Gasteiger partial charge in [-0.3, -0.25) is 9.59 Å². The van der Waals surface area contributed by atoms with E-state index in [-0.39, 0.29) is 39.0 Å². The molecule has 38 heavy (non-hydrogen) atoms. The minimum Gasteiger partial charge on any atom is -0.377 e. The van der Waals surface area contributed by atoms with E-state index in [9.17, 15) is 22.8 Å². The number of hydrogen-bond donors (Lipinski definition) is 2. The molecule has 1 aliphatic carbocycles. The van der Waals surface area contributed by atoms with Gasteiger partial charge in [0.1, 0.15) is 11.5 Å². The lowest BCUT2D eigenvalue weighted by molar-refractivity contribution is -0.137. The van der Waals surface area contributed by atoms with Gasteiger partial charge in [-0.25, -0.2) is 9.97 Å². The Labute approximate surface area is 224 Å². The third-order valence-corrected chi connectivity index (χ3v) is 7.87. The zero-order valence-corrected chi connectivity index (χ0v) is 22.7. The van der Waals surface area contributed by atoms with Crippen molar-refractivity contribution in [3.63, 3.8) is 0 Å². The van der Waals surface area contributed by atoms with Crippen LogP contribution in [0.1, 0.15) is 78.7 Å². The van der Waals surface area contributed by atoms with Gasteiger partial charge in [-0.2, -0.15) is 13.2 Å². The third-order valence-electron chi connectivity index (χ3n) is 6.78. The molecule has 12 heteroatoms. The summed E-state index contributed by atoms with van der Waals surface area (Å²) in [5.74, 6) is -0.420. The van der Waals surface area contributed by atoms with Gasteiger partial charge in [0.2, 0.25) is 0 Å². The van der Waals surface area contributed by atoms with Crippen LogP contribution in [0.2, 0.25) is 0 Å². The minimum absolute atomic E-state index is 0.00125. The summed E-state index contributed by atoms with van der Waals surface area (Å²) < 4.78 is 47.7. The van der Waals surface area contributed by atoms with Gasteiger partial charge in [0.25, 0.3) is 11.8 Å². The molecule has 1 saturated carbocycles. The van der Waals surface area contributed by atoms with E-state index in [4.69, 9.17) is 4.74 Å². The van der Waals surface area contributed by atoms with Crippen molar-refractivity contribution in [1.29, 1.82) is 0 Å². The van der Waals surface area contributed by atoms with Crippen LogP contribution < -0.4 is 10.6 Å². The average molecular weight is 554 g/mol. The van der Waals surface area contributed by atoms with Gasteiger partial charge in [-0.05, 0) is 51.0 Å². The van der Waals surface area contributed by atoms with E-state index in [1.165, 1.54) is 0 Å². The number of likely N-dealkylation sites (tertiary alicyclic amines) is 1. The molecule has 8 nitrogen and oxygen atoms in total. The van der Waals surface area contributed by atoms with Crippen LogP contribution in [-0.4, -0.2) is 65.1 Å².